The molecule has 1 aromatic rings. The smallest absolute Gasteiger partial charge is 0.0418 e. The van der Waals surface area contributed by atoms with Gasteiger partial charge in [0.05, 0.1) is 0 Å². The van der Waals surface area contributed by atoms with E-state index in [4.69, 9.17) is 5.73 Å². The molecule has 1 unspecified atom stereocenters. The highest BCUT2D eigenvalue weighted by molar-refractivity contribution is 7.12. The van der Waals surface area contributed by atoms with Crippen LogP contribution in [0.5, 0.6) is 0 Å². The molecule has 1 aliphatic rings. The van der Waals surface area contributed by atoms with Crippen LogP contribution in [0.3, 0.4) is 0 Å². The van der Waals surface area contributed by atoms with Gasteiger partial charge >= 0.3 is 0 Å². The lowest BCUT2D eigenvalue weighted by Crippen LogP contribution is -2.17. The molecule has 1 aliphatic carbocycles. The van der Waals surface area contributed by atoms with Gasteiger partial charge in [-0.05, 0) is 36.3 Å². The average molecular weight is 237 g/mol. The Hall–Kier alpha value is -0.340. The minimum absolute atomic E-state index is 0.262. The first-order valence-electron chi connectivity index (χ1n) is 6.34. The van der Waals surface area contributed by atoms with Crippen molar-refractivity contribution in [3.63, 3.8) is 0 Å². The third-order valence-electron chi connectivity index (χ3n) is 3.60. The van der Waals surface area contributed by atoms with Crippen LogP contribution in [0.25, 0.3) is 0 Å². The van der Waals surface area contributed by atoms with Crippen molar-refractivity contribution in [3.8, 4) is 0 Å². The highest BCUT2D eigenvalue weighted by Gasteiger charge is 2.25. The Labute approximate surface area is 103 Å². The molecule has 1 fully saturated rings. The second kappa shape index (κ2) is 4.50. The summed E-state index contributed by atoms with van der Waals surface area (Å²) in [6, 6.07) is 4.78. The van der Waals surface area contributed by atoms with Gasteiger partial charge in [-0.3, -0.25) is 0 Å². The summed E-state index contributed by atoms with van der Waals surface area (Å²) < 4.78 is 0. The Morgan fingerprint density at radius 1 is 1.25 bits per heavy atom. The fourth-order valence-electron chi connectivity index (χ4n) is 2.48. The topological polar surface area (TPSA) is 26.0 Å². The van der Waals surface area contributed by atoms with Crippen molar-refractivity contribution in [2.24, 2.45) is 11.7 Å². The van der Waals surface area contributed by atoms with E-state index in [0.29, 0.717) is 0 Å². The van der Waals surface area contributed by atoms with Gasteiger partial charge in [0, 0.05) is 15.8 Å². The summed E-state index contributed by atoms with van der Waals surface area (Å²) in [6.07, 6.45) is 5.39. The predicted molar refractivity (Wildman–Crippen MR) is 71.9 cm³/mol. The summed E-state index contributed by atoms with van der Waals surface area (Å²) >= 11 is 1.91. The molecule has 16 heavy (non-hydrogen) atoms. The van der Waals surface area contributed by atoms with Gasteiger partial charge in [-0.2, -0.15) is 0 Å². The van der Waals surface area contributed by atoms with Gasteiger partial charge in [-0.1, -0.05) is 33.6 Å². The molecule has 2 N–H and O–H groups in total. The highest BCUT2D eigenvalue weighted by atomic mass is 32.1. The van der Waals surface area contributed by atoms with Crippen LogP contribution >= 0.6 is 11.3 Å². The van der Waals surface area contributed by atoms with Gasteiger partial charge in [0.15, 0.2) is 0 Å². The van der Waals surface area contributed by atoms with E-state index in [-0.39, 0.29) is 11.5 Å². The molecule has 1 atom stereocenters. The molecule has 0 spiro atoms. The lowest BCUT2D eigenvalue weighted by molar-refractivity contribution is 0.450. The van der Waals surface area contributed by atoms with Crippen molar-refractivity contribution < 1.29 is 0 Å². The molecule has 1 saturated carbocycles. The first-order chi connectivity index (χ1) is 7.48. The van der Waals surface area contributed by atoms with E-state index in [1.165, 1.54) is 35.4 Å². The zero-order chi connectivity index (χ0) is 11.8. The third kappa shape index (κ3) is 2.49. The van der Waals surface area contributed by atoms with Gasteiger partial charge < -0.3 is 5.73 Å². The Morgan fingerprint density at radius 3 is 2.38 bits per heavy atom. The number of nitrogens with two attached hydrogens (primary N) is 1. The zero-order valence-corrected chi connectivity index (χ0v) is 11.4. The number of hydrogen-bond acceptors (Lipinski definition) is 2. The van der Waals surface area contributed by atoms with Crippen LogP contribution in [0.15, 0.2) is 12.1 Å². The molecule has 0 bridgehead atoms. The van der Waals surface area contributed by atoms with E-state index in [1.54, 1.807) is 0 Å². The maximum atomic E-state index is 6.37. The van der Waals surface area contributed by atoms with E-state index < -0.39 is 0 Å². The summed E-state index contributed by atoms with van der Waals surface area (Å²) in [4.78, 5) is 2.84. The first kappa shape index (κ1) is 12.1. The van der Waals surface area contributed by atoms with Crippen LogP contribution in [0.1, 0.15) is 62.3 Å². The maximum absolute atomic E-state index is 6.37. The minimum Gasteiger partial charge on any atom is -0.323 e. The number of hydrogen-bond donors (Lipinski definition) is 1. The molecule has 1 nitrogen and oxygen atoms in total. The van der Waals surface area contributed by atoms with Crippen LogP contribution in [-0.4, -0.2) is 0 Å². The van der Waals surface area contributed by atoms with Gasteiger partial charge in [-0.15, -0.1) is 11.3 Å². The molecule has 90 valence electrons. The van der Waals surface area contributed by atoms with E-state index in [0.717, 1.165) is 5.92 Å². The molecule has 0 aliphatic heterocycles. The van der Waals surface area contributed by atoms with Crippen LogP contribution in [0.4, 0.5) is 0 Å². The quantitative estimate of drug-likeness (QED) is 0.818. The van der Waals surface area contributed by atoms with Crippen LogP contribution < -0.4 is 5.73 Å². The summed E-state index contributed by atoms with van der Waals surface area (Å²) in [5, 5.41) is 0. The van der Waals surface area contributed by atoms with E-state index in [1.807, 2.05) is 11.3 Å². The lowest BCUT2D eigenvalue weighted by atomic mass is 9.94. The van der Waals surface area contributed by atoms with Crippen molar-refractivity contribution in [1.29, 1.82) is 0 Å². The first-order valence-corrected chi connectivity index (χ1v) is 7.16. The molecule has 0 radical (unpaired) electrons. The van der Waals surface area contributed by atoms with E-state index in [2.05, 4.69) is 32.9 Å². The van der Waals surface area contributed by atoms with Crippen molar-refractivity contribution in [3.05, 3.63) is 21.9 Å². The fraction of sp³-hybridized carbons (Fsp3) is 0.714. The Balaban J connectivity index is 2.12. The van der Waals surface area contributed by atoms with Crippen LogP contribution in [0.2, 0.25) is 0 Å². The van der Waals surface area contributed by atoms with E-state index in [9.17, 15) is 0 Å². The normalized spacial score (nSPS) is 20.2. The molecule has 0 aromatic carbocycles. The predicted octanol–water partition coefficient (Wildman–Crippen LogP) is 4.24. The van der Waals surface area contributed by atoms with Gasteiger partial charge in [0.2, 0.25) is 0 Å². The molecule has 2 heteroatoms. The molecule has 1 aromatic heterocycles. The number of thiophene rings is 1. The second-order valence-corrected chi connectivity index (χ2v) is 7.14. The SMILES string of the molecule is CC(C)(C)c1ccc(C(N)C2CCCC2)s1. The van der Waals surface area contributed by atoms with Crippen molar-refractivity contribution in [1.82, 2.24) is 0 Å². The van der Waals surface area contributed by atoms with Crippen molar-refractivity contribution >= 4 is 11.3 Å². The molecule has 0 amide bonds. The summed E-state index contributed by atoms with van der Waals surface area (Å²) in [7, 11) is 0. The average Bonchev–Trinajstić information content (AvgIpc) is 2.87. The van der Waals surface area contributed by atoms with E-state index >= 15 is 0 Å². The standard InChI is InChI=1S/C14H23NS/c1-14(2,3)12-9-8-11(16-12)13(15)10-6-4-5-7-10/h8-10,13H,4-7,15H2,1-3H3. The molecule has 0 saturated heterocycles. The molecule has 2 rings (SSSR count). The largest absolute Gasteiger partial charge is 0.323 e. The Kier molecular flexibility index (Phi) is 3.41. The molecular weight excluding hydrogens is 214 g/mol. The Morgan fingerprint density at radius 2 is 1.88 bits per heavy atom. The van der Waals surface area contributed by atoms with Gasteiger partial charge in [-0.25, -0.2) is 0 Å². The zero-order valence-electron chi connectivity index (χ0n) is 10.6. The molecular formula is C14H23NS. The summed E-state index contributed by atoms with van der Waals surface area (Å²) in [6.45, 7) is 6.80. The lowest BCUT2D eigenvalue weighted by Gasteiger charge is -2.18. The summed E-state index contributed by atoms with van der Waals surface area (Å²) in [5.74, 6) is 0.728. The monoisotopic (exact) mass is 237 g/mol. The van der Waals surface area contributed by atoms with Crippen LogP contribution in [0, 0.1) is 5.92 Å². The Bertz CT molecular complexity index is 342. The maximum Gasteiger partial charge on any atom is 0.0418 e. The number of rotatable bonds is 2. The van der Waals surface area contributed by atoms with Crippen molar-refractivity contribution in [2.45, 2.75) is 57.9 Å². The van der Waals surface area contributed by atoms with Crippen LogP contribution in [-0.2, 0) is 5.41 Å². The second-order valence-electron chi connectivity index (χ2n) is 6.02. The summed E-state index contributed by atoms with van der Waals surface area (Å²) in [5.41, 5.74) is 6.63. The van der Waals surface area contributed by atoms with Crippen molar-refractivity contribution in [2.75, 3.05) is 0 Å². The fourth-order valence-corrected chi connectivity index (χ4v) is 3.64. The van der Waals surface area contributed by atoms with Gasteiger partial charge in [0.25, 0.3) is 0 Å². The third-order valence-corrected chi connectivity index (χ3v) is 5.21. The highest BCUT2D eigenvalue weighted by Crippen LogP contribution is 2.38. The van der Waals surface area contributed by atoms with Gasteiger partial charge in [0.1, 0.15) is 0 Å². The minimum atomic E-state index is 0.262. The molecule has 1 heterocycles.